The van der Waals surface area contributed by atoms with Crippen molar-refractivity contribution in [2.75, 3.05) is 0 Å². The first-order chi connectivity index (χ1) is 34.4. The molecule has 0 heterocycles. The maximum Gasteiger partial charge on any atom is -0.0533 e. The van der Waals surface area contributed by atoms with Crippen molar-refractivity contribution < 1.29 is 0 Å². The van der Waals surface area contributed by atoms with Crippen LogP contribution in [0.3, 0.4) is 0 Å². The second-order valence-corrected chi connectivity index (χ2v) is 24.0. The summed E-state index contributed by atoms with van der Waals surface area (Å²) in [5, 5.41) is 0. The molecule has 0 heteroatoms. The summed E-state index contributed by atoms with van der Waals surface area (Å²) in [7, 11) is 0. The predicted octanol–water partition coefficient (Wildman–Crippen LogP) is 27.2. The van der Waals surface area contributed by atoms with Gasteiger partial charge in [0.1, 0.15) is 0 Å². The fourth-order valence-corrected chi connectivity index (χ4v) is 11.6. The van der Waals surface area contributed by atoms with Gasteiger partial charge in [-0.2, -0.15) is 0 Å². The molecule has 0 saturated carbocycles. The normalized spacial score (nSPS) is 11.7. The Morgan fingerprint density at radius 3 is 0.159 bits per heavy atom. The highest BCUT2D eigenvalue weighted by atomic mass is 14.1. The molecule has 0 aliphatic rings. The Morgan fingerprint density at radius 2 is 0.116 bits per heavy atom. The fourth-order valence-electron chi connectivity index (χ4n) is 11.6. The zero-order valence-corrected chi connectivity index (χ0v) is 49.4. The third-order valence-corrected chi connectivity index (χ3v) is 16.7. The lowest BCUT2D eigenvalue weighted by Gasteiger charge is -2.05. The van der Waals surface area contributed by atoms with Gasteiger partial charge in [0.15, 0.2) is 0 Å². The van der Waals surface area contributed by atoms with Crippen LogP contribution in [0.1, 0.15) is 444 Å². The van der Waals surface area contributed by atoms with E-state index in [-0.39, 0.29) is 0 Å². The Kier molecular flexibility index (Phi) is 68.0. The van der Waals surface area contributed by atoms with E-state index in [1.165, 1.54) is 430 Å². The first-order valence-electron chi connectivity index (χ1n) is 34.4. The van der Waals surface area contributed by atoms with E-state index in [2.05, 4.69) is 13.8 Å². The smallest absolute Gasteiger partial charge is 0.0533 e. The predicted molar refractivity (Wildman–Crippen MR) is 321 cm³/mol. The van der Waals surface area contributed by atoms with Gasteiger partial charge >= 0.3 is 0 Å². The third kappa shape index (κ3) is 68.0. The summed E-state index contributed by atoms with van der Waals surface area (Å²) in [6, 6.07) is 0. The molecule has 0 spiro atoms. The van der Waals surface area contributed by atoms with E-state index in [0.29, 0.717) is 0 Å². The van der Waals surface area contributed by atoms with Crippen LogP contribution in [0.5, 0.6) is 0 Å². The van der Waals surface area contributed by atoms with Crippen molar-refractivity contribution in [3.8, 4) is 0 Å². The lowest BCUT2D eigenvalue weighted by molar-refractivity contribution is 0.506. The summed E-state index contributed by atoms with van der Waals surface area (Å²) in [5.74, 6) is 0. The van der Waals surface area contributed by atoms with Crippen molar-refractivity contribution in [1.29, 1.82) is 0 Å². The Labute approximate surface area is 442 Å². The molecule has 0 aromatic rings. The molecule has 0 saturated heterocycles. The van der Waals surface area contributed by atoms with Crippen molar-refractivity contribution in [2.24, 2.45) is 0 Å². The minimum absolute atomic E-state index is 1.37. The minimum atomic E-state index is 1.37. The molecule has 0 aromatic heterocycles. The molecule has 0 radical (unpaired) electrons. The van der Waals surface area contributed by atoms with Gasteiger partial charge in [-0.05, 0) is 0 Å². The molecular formula is C69H140. The van der Waals surface area contributed by atoms with Crippen LogP contribution >= 0.6 is 0 Å². The van der Waals surface area contributed by atoms with Gasteiger partial charge in [-0.3, -0.25) is 0 Å². The van der Waals surface area contributed by atoms with Crippen LogP contribution < -0.4 is 0 Å². The molecule has 0 aliphatic heterocycles. The number of rotatable bonds is 66. The molecule has 0 amide bonds. The molecule has 0 rings (SSSR count). The van der Waals surface area contributed by atoms with Gasteiger partial charge in [0.05, 0.1) is 0 Å². The fraction of sp³-hybridized carbons (Fsp3) is 1.00. The summed E-state index contributed by atoms with van der Waals surface area (Å²) >= 11 is 0. The Bertz CT molecular complexity index is 747. The van der Waals surface area contributed by atoms with Crippen LogP contribution in [0.2, 0.25) is 0 Å². The number of hydrogen-bond donors (Lipinski definition) is 0. The van der Waals surface area contributed by atoms with Crippen LogP contribution in [-0.4, -0.2) is 0 Å². The standard InChI is InChI=1S/C69H140/c1-3-5-7-9-11-13-15-17-19-21-23-25-27-29-31-33-35-37-39-41-43-45-47-49-51-53-55-57-59-61-63-65-67-69-68-66-64-62-60-58-56-54-52-50-48-46-44-42-40-38-36-34-32-30-28-26-24-22-20-18-16-14-12-10-8-6-4-2/h3-69H2,1-2H3. The molecule has 416 valence electrons. The maximum absolute atomic E-state index is 2.32. The first kappa shape index (κ1) is 69.0. The number of hydrogen-bond acceptors (Lipinski definition) is 0. The van der Waals surface area contributed by atoms with E-state index in [1.54, 1.807) is 0 Å². The largest absolute Gasteiger partial charge is 0.0654 e. The average Bonchev–Trinajstić information content (AvgIpc) is 3.36. The van der Waals surface area contributed by atoms with E-state index in [0.717, 1.165) is 0 Å². The van der Waals surface area contributed by atoms with Crippen molar-refractivity contribution in [2.45, 2.75) is 444 Å². The van der Waals surface area contributed by atoms with Crippen molar-refractivity contribution in [3.05, 3.63) is 0 Å². The molecule has 0 nitrogen and oxygen atoms in total. The van der Waals surface area contributed by atoms with Crippen molar-refractivity contribution in [1.82, 2.24) is 0 Å². The second-order valence-electron chi connectivity index (χ2n) is 24.0. The van der Waals surface area contributed by atoms with Gasteiger partial charge in [0.2, 0.25) is 0 Å². The lowest BCUT2D eigenvalue weighted by Crippen LogP contribution is -1.85. The summed E-state index contributed by atoms with van der Waals surface area (Å²) in [6.45, 7) is 4.63. The van der Waals surface area contributed by atoms with Gasteiger partial charge in [-0.25, -0.2) is 0 Å². The van der Waals surface area contributed by atoms with E-state index in [9.17, 15) is 0 Å². The molecular weight excluding hydrogens is 829 g/mol. The molecule has 0 N–H and O–H groups in total. The molecule has 69 heavy (non-hydrogen) atoms. The zero-order valence-electron chi connectivity index (χ0n) is 49.4. The van der Waals surface area contributed by atoms with Crippen LogP contribution in [0.25, 0.3) is 0 Å². The summed E-state index contributed by atoms with van der Waals surface area (Å²) in [4.78, 5) is 0. The van der Waals surface area contributed by atoms with Crippen LogP contribution in [0.15, 0.2) is 0 Å². The first-order valence-corrected chi connectivity index (χ1v) is 34.4. The Hall–Kier alpha value is 0. The van der Waals surface area contributed by atoms with Gasteiger partial charge in [0, 0.05) is 0 Å². The molecule has 0 atom stereocenters. The lowest BCUT2D eigenvalue weighted by atomic mass is 10.0. The van der Waals surface area contributed by atoms with Gasteiger partial charge in [-0.15, -0.1) is 0 Å². The van der Waals surface area contributed by atoms with Crippen LogP contribution in [0, 0.1) is 0 Å². The van der Waals surface area contributed by atoms with E-state index in [1.807, 2.05) is 0 Å². The van der Waals surface area contributed by atoms with Gasteiger partial charge < -0.3 is 0 Å². The third-order valence-electron chi connectivity index (χ3n) is 16.7. The van der Waals surface area contributed by atoms with Crippen LogP contribution in [-0.2, 0) is 0 Å². The average molecular weight is 970 g/mol. The quantitative estimate of drug-likeness (QED) is 0.0533. The highest BCUT2D eigenvalue weighted by Crippen LogP contribution is 2.20. The minimum Gasteiger partial charge on any atom is -0.0654 e. The Balaban J connectivity index is 3.07. The van der Waals surface area contributed by atoms with Gasteiger partial charge in [-0.1, -0.05) is 444 Å². The maximum atomic E-state index is 2.32. The van der Waals surface area contributed by atoms with E-state index >= 15 is 0 Å². The van der Waals surface area contributed by atoms with Crippen molar-refractivity contribution >= 4 is 0 Å². The zero-order chi connectivity index (χ0) is 49.4. The Morgan fingerprint density at radius 1 is 0.0725 bits per heavy atom. The topological polar surface area (TPSA) is 0 Å². The van der Waals surface area contributed by atoms with Gasteiger partial charge in [0.25, 0.3) is 0 Å². The molecule has 0 fully saturated rings. The van der Waals surface area contributed by atoms with Crippen LogP contribution in [0.4, 0.5) is 0 Å². The highest BCUT2D eigenvalue weighted by Gasteiger charge is 2.01. The highest BCUT2D eigenvalue weighted by molar-refractivity contribution is 4.56. The molecule has 0 aromatic carbocycles. The molecule has 0 bridgehead atoms. The second kappa shape index (κ2) is 68.0. The summed E-state index contributed by atoms with van der Waals surface area (Å²) in [6.07, 6.45) is 99.9. The van der Waals surface area contributed by atoms with E-state index < -0.39 is 0 Å². The molecule has 0 unspecified atom stereocenters. The molecule has 0 aliphatic carbocycles. The summed E-state index contributed by atoms with van der Waals surface area (Å²) < 4.78 is 0. The SMILES string of the molecule is CCCCCCCCCCCCCCCCCCCCCCCCCCCCCCCCCCCCCCCCCCCCCCCCCCCCCCCCCCCCCCCCCCCCC. The number of unbranched alkanes of at least 4 members (excludes halogenated alkanes) is 66. The van der Waals surface area contributed by atoms with E-state index in [4.69, 9.17) is 0 Å². The summed E-state index contributed by atoms with van der Waals surface area (Å²) in [5.41, 5.74) is 0. The monoisotopic (exact) mass is 969 g/mol. The van der Waals surface area contributed by atoms with Crippen molar-refractivity contribution in [3.63, 3.8) is 0 Å².